The molecule has 3 aliphatic rings. The molecule has 0 bridgehead atoms. The lowest BCUT2D eigenvalue weighted by atomic mass is 9.97. The molecule has 0 saturated carbocycles. The first-order valence-corrected chi connectivity index (χ1v) is 11.3. The van der Waals surface area contributed by atoms with Gasteiger partial charge in [0.15, 0.2) is 0 Å². The minimum Gasteiger partial charge on any atom is -0.352 e. The molecule has 0 atom stereocenters. The summed E-state index contributed by atoms with van der Waals surface area (Å²) in [7, 11) is 0. The maximum Gasteiger partial charge on any atom is 0.236 e. The van der Waals surface area contributed by atoms with Gasteiger partial charge in [-0.2, -0.15) is 5.26 Å². The Morgan fingerprint density at radius 2 is 1.69 bits per heavy atom. The molecule has 0 spiro atoms. The number of amides is 1. The number of hydrogen-bond acceptors (Lipinski definition) is 5. The van der Waals surface area contributed by atoms with Crippen molar-refractivity contribution in [1.29, 1.82) is 5.26 Å². The second-order valence-electron chi connectivity index (χ2n) is 8.98. The molecule has 6 nitrogen and oxygen atoms in total. The average molecular weight is 396 g/mol. The predicted molar refractivity (Wildman–Crippen MR) is 114 cm³/mol. The maximum absolute atomic E-state index is 12.7. The van der Waals surface area contributed by atoms with Gasteiger partial charge in [-0.15, -0.1) is 0 Å². The van der Waals surface area contributed by atoms with Crippen LogP contribution in [0.2, 0.25) is 0 Å². The molecule has 0 aromatic carbocycles. The molecule has 1 aliphatic carbocycles. The molecule has 2 saturated heterocycles. The Morgan fingerprint density at radius 1 is 1.00 bits per heavy atom. The Kier molecular flexibility index (Phi) is 6.05. The van der Waals surface area contributed by atoms with Crippen LogP contribution in [0.1, 0.15) is 67.8 Å². The lowest BCUT2D eigenvalue weighted by Crippen LogP contribution is -2.52. The Bertz CT molecular complexity index is 798. The van der Waals surface area contributed by atoms with Crippen LogP contribution in [0.5, 0.6) is 0 Å². The average Bonchev–Trinajstić information content (AvgIpc) is 3.23. The van der Waals surface area contributed by atoms with Gasteiger partial charge in [0.1, 0.15) is 11.9 Å². The van der Waals surface area contributed by atoms with E-state index in [4.69, 9.17) is 4.98 Å². The zero-order valence-electron chi connectivity index (χ0n) is 17.9. The third kappa shape index (κ3) is 4.11. The van der Waals surface area contributed by atoms with Gasteiger partial charge in [0.2, 0.25) is 5.91 Å². The van der Waals surface area contributed by atoms with E-state index in [-0.39, 0.29) is 5.91 Å². The van der Waals surface area contributed by atoms with E-state index >= 15 is 0 Å². The Labute approximate surface area is 174 Å². The SMILES string of the molecule is CC(C)c1nc(N2CCN(C(=O)CN3CCCCC3)CC2)c(C#N)c2c1CCC2. The number of piperidine rings is 1. The van der Waals surface area contributed by atoms with Crippen molar-refractivity contribution in [3.63, 3.8) is 0 Å². The Balaban J connectivity index is 1.46. The molecule has 0 N–H and O–H groups in total. The third-order valence-electron chi connectivity index (χ3n) is 6.68. The van der Waals surface area contributed by atoms with E-state index in [9.17, 15) is 10.1 Å². The van der Waals surface area contributed by atoms with Gasteiger partial charge in [0, 0.05) is 31.9 Å². The smallest absolute Gasteiger partial charge is 0.236 e. The number of pyridine rings is 1. The van der Waals surface area contributed by atoms with Gasteiger partial charge in [0.25, 0.3) is 0 Å². The van der Waals surface area contributed by atoms with E-state index in [1.165, 1.54) is 30.4 Å². The minimum absolute atomic E-state index is 0.247. The van der Waals surface area contributed by atoms with E-state index in [1.807, 2.05) is 4.90 Å². The van der Waals surface area contributed by atoms with E-state index in [2.05, 4.69) is 29.7 Å². The van der Waals surface area contributed by atoms with Crippen molar-refractivity contribution in [2.75, 3.05) is 50.7 Å². The molecule has 156 valence electrons. The van der Waals surface area contributed by atoms with Gasteiger partial charge in [-0.25, -0.2) is 4.98 Å². The molecule has 1 amide bonds. The van der Waals surface area contributed by atoms with Crippen LogP contribution in [0.3, 0.4) is 0 Å². The van der Waals surface area contributed by atoms with Crippen LogP contribution in [-0.2, 0) is 17.6 Å². The molecule has 4 rings (SSSR count). The van der Waals surface area contributed by atoms with E-state index in [0.717, 1.165) is 62.5 Å². The fraction of sp³-hybridized carbons (Fsp3) is 0.696. The quantitative estimate of drug-likeness (QED) is 0.784. The first kappa shape index (κ1) is 20.2. The van der Waals surface area contributed by atoms with Crippen LogP contribution >= 0.6 is 0 Å². The number of anilines is 1. The van der Waals surface area contributed by atoms with Crippen molar-refractivity contribution >= 4 is 11.7 Å². The zero-order valence-corrected chi connectivity index (χ0v) is 17.9. The maximum atomic E-state index is 12.7. The monoisotopic (exact) mass is 395 g/mol. The second kappa shape index (κ2) is 8.71. The molecule has 29 heavy (non-hydrogen) atoms. The summed E-state index contributed by atoms with van der Waals surface area (Å²) in [5.74, 6) is 1.46. The molecular weight excluding hydrogens is 362 g/mol. The molecule has 1 aromatic heterocycles. The molecule has 2 aliphatic heterocycles. The number of likely N-dealkylation sites (tertiary alicyclic amines) is 1. The number of aromatic nitrogens is 1. The Hall–Kier alpha value is -2.13. The summed E-state index contributed by atoms with van der Waals surface area (Å²) in [6.07, 6.45) is 6.86. The largest absolute Gasteiger partial charge is 0.352 e. The summed E-state index contributed by atoms with van der Waals surface area (Å²) in [5, 5.41) is 9.88. The van der Waals surface area contributed by atoms with Crippen LogP contribution in [0.4, 0.5) is 5.82 Å². The lowest BCUT2D eigenvalue weighted by Gasteiger charge is -2.37. The summed E-state index contributed by atoms with van der Waals surface area (Å²) in [6.45, 7) is 9.97. The standard InChI is InChI=1S/C23H33N5O/c1-17(2)22-19-8-6-7-18(19)20(15-24)23(25-22)28-13-11-27(12-14-28)21(29)16-26-9-4-3-5-10-26/h17H,3-14,16H2,1-2H3. The Morgan fingerprint density at radius 3 is 2.34 bits per heavy atom. The summed E-state index contributed by atoms with van der Waals surface area (Å²) in [5.41, 5.74) is 4.48. The third-order valence-corrected chi connectivity index (χ3v) is 6.68. The lowest BCUT2D eigenvalue weighted by molar-refractivity contribution is -0.132. The predicted octanol–water partition coefficient (Wildman–Crippen LogP) is 2.70. The highest BCUT2D eigenvalue weighted by molar-refractivity contribution is 5.78. The molecule has 2 fully saturated rings. The van der Waals surface area contributed by atoms with Gasteiger partial charge < -0.3 is 9.80 Å². The van der Waals surface area contributed by atoms with Crippen molar-refractivity contribution in [3.05, 3.63) is 22.4 Å². The van der Waals surface area contributed by atoms with Gasteiger partial charge in [-0.3, -0.25) is 9.69 Å². The highest BCUT2D eigenvalue weighted by Crippen LogP contribution is 2.35. The number of fused-ring (bicyclic) bond motifs is 1. The topological polar surface area (TPSA) is 63.5 Å². The number of carbonyl (C=O) groups excluding carboxylic acids is 1. The van der Waals surface area contributed by atoms with Gasteiger partial charge in [-0.1, -0.05) is 20.3 Å². The van der Waals surface area contributed by atoms with Gasteiger partial charge >= 0.3 is 0 Å². The summed E-state index contributed by atoms with van der Waals surface area (Å²) < 4.78 is 0. The highest BCUT2D eigenvalue weighted by atomic mass is 16.2. The van der Waals surface area contributed by atoms with Gasteiger partial charge in [0.05, 0.1) is 12.1 Å². The normalized spacial score (nSPS) is 20.1. The molecule has 3 heterocycles. The summed E-state index contributed by atoms with van der Waals surface area (Å²) in [6, 6.07) is 2.46. The van der Waals surface area contributed by atoms with E-state index in [1.54, 1.807) is 0 Å². The van der Waals surface area contributed by atoms with Crippen molar-refractivity contribution in [2.45, 2.75) is 58.3 Å². The van der Waals surface area contributed by atoms with Crippen molar-refractivity contribution in [2.24, 2.45) is 0 Å². The first-order chi connectivity index (χ1) is 14.1. The fourth-order valence-corrected chi connectivity index (χ4v) is 5.08. The zero-order chi connectivity index (χ0) is 20.4. The van der Waals surface area contributed by atoms with Crippen molar-refractivity contribution in [1.82, 2.24) is 14.8 Å². The summed E-state index contributed by atoms with van der Waals surface area (Å²) >= 11 is 0. The highest BCUT2D eigenvalue weighted by Gasteiger charge is 2.29. The van der Waals surface area contributed by atoms with Crippen LogP contribution in [0, 0.1) is 11.3 Å². The number of piperazine rings is 1. The van der Waals surface area contributed by atoms with Gasteiger partial charge in [-0.05, 0) is 62.2 Å². The van der Waals surface area contributed by atoms with Crippen LogP contribution in [0.25, 0.3) is 0 Å². The first-order valence-electron chi connectivity index (χ1n) is 11.3. The fourth-order valence-electron chi connectivity index (χ4n) is 5.08. The second-order valence-corrected chi connectivity index (χ2v) is 8.98. The molecule has 1 aromatic rings. The van der Waals surface area contributed by atoms with E-state index in [0.29, 0.717) is 25.6 Å². The molecule has 0 unspecified atom stereocenters. The molecule has 6 heteroatoms. The van der Waals surface area contributed by atoms with Crippen LogP contribution in [-0.4, -0.2) is 66.5 Å². The molecule has 0 radical (unpaired) electrons. The minimum atomic E-state index is 0.247. The summed E-state index contributed by atoms with van der Waals surface area (Å²) in [4.78, 5) is 24.2. The number of rotatable bonds is 4. The molecular formula is C23H33N5O. The van der Waals surface area contributed by atoms with Crippen molar-refractivity contribution < 1.29 is 4.79 Å². The van der Waals surface area contributed by atoms with Crippen LogP contribution < -0.4 is 4.90 Å². The number of carbonyl (C=O) groups is 1. The van der Waals surface area contributed by atoms with Crippen molar-refractivity contribution in [3.8, 4) is 6.07 Å². The van der Waals surface area contributed by atoms with E-state index < -0.39 is 0 Å². The van der Waals surface area contributed by atoms with Crippen LogP contribution in [0.15, 0.2) is 0 Å². The number of nitrogens with zero attached hydrogens (tertiary/aromatic N) is 5. The number of hydrogen-bond donors (Lipinski definition) is 0. The number of nitriles is 1.